The summed E-state index contributed by atoms with van der Waals surface area (Å²) in [6, 6.07) is 0. The first kappa shape index (κ1) is 11.8. The first-order chi connectivity index (χ1) is 4.81. The molecule has 0 aliphatic rings. The summed E-state index contributed by atoms with van der Waals surface area (Å²) in [7, 11) is 1.57. The van der Waals surface area contributed by atoms with E-state index in [0.717, 1.165) is 0 Å². The van der Waals surface area contributed by atoms with Crippen LogP contribution >= 0.6 is 0 Å². The molecule has 10 heavy (non-hydrogen) atoms. The third-order valence-electron chi connectivity index (χ3n) is 0.613. The van der Waals surface area contributed by atoms with E-state index < -0.39 is 0 Å². The van der Waals surface area contributed by atoms with E-state index in [1.165, 1.54) is 6.26 Å². The van der Waals surface area contributed by atoms with Crippen LogP contribution in [-0.2, 0) is 4.74 Å². The normalized spacial score (nSPS) is 10.6. The first-order valence-corrected chi connectivity index (χ1v) is 3.42. The van der Waals surface area contributed by atoms with Gasteiger partial charge in [-0.3, -0.25) is 0 Å². The zero-order chi connectivity index (χ0) is 8.41. The van der Waals surface area contributed by atoms with Crippen LogP contribution in [0.2, 0.25) is 0 Å². The summed E-state index contributed by atoms with van der Waals surface area (Å²) in [6.07, 6.45) is 5.11. The van der Waals surface area contributed by atoms with Crippen molar-refractivity contribution in [2.24, 2.45) is 5.73 Å². The molecule has 0 aromatic heterocycles. The Morgan fingerprint density at radius 1 is 1.40 bits per heavy atom. The Labute approximate surface area is 63.4 Å². The lowest BCUT2D eigenvalue weighted by Crippen LogP contribution is -1.92. The third kappa shape index (κ3) is 10.1. The van der Waals surface area contributed by atoms with E-state index in [1.807, 2.05) is 26.8 Å². The lowest BCUT2D eigenvalue weighted by atomic mass is 10.4. The molecule has 0 heterocycles. The van der Waals surface area contributed by atoms with Crippen LogP contribution < -0.4 is 5.73 Å². The maximum absolute atomic E-state index is 5.34. The monoisotopic (exact) mass is 143 g/mol. The summed E-state index contributed by atoms with van der Waals surface area (Å²) in [5.41, 5.74) is 5.98. The van der Waals surface area contributed by atoms with Gasteiger partial charge in [-0.25, -0.2) is 0 Å². The van der Waals surface area contributed by atoms with Crippen molar-refractivity contribution in [3.8, 4) is 0 Å². The van der Waals surface area contributed by atoms with Gasteiger partial charge in [0.05, 0.1) is 12.8 Å². The molecule has 2 heteroatoms. The lowest BCUT2D eigenvalue weighted by Gasteiger charge is -1.88. The maximum atomic E-state index is 5.34. The van der Waals surface area contributed by atoms with Crippen molar-refractivity contribution in [1.82, 2.24) is 0 Å². The van der Waals surface area contributed by atoms with Crippen LogP contribution in [0, 0.1) is 0 Å². The Kier molecular flexibility index (Phi) is 13.0. The highest BCUT2D eigenvalue weighted by atomic mass is 16.5. The highest BCUT2D eigenvalue weighted by Gasteiger charge is 1.75. The van der Waals surface area contributed by atoms with Crippen molar-refractivity contribution in [3.05, 3.63) is 24.1 Å². The summed E-state index contributed by atoms with van der Waals surface area (Å²) in [5.74, 6) is 0. The van der Waals surface area contributed by atoms with Gasteiger partial charge in [-0.2, -0.15) is 0 Å². The van der Waals surface area contributed by atoms with Gasteiger partial charge in [0.25, 0.3) is 0 Å². The first-order valence-electron chi connectivity index (χ1n) is 3.42. The van der Waals surface area contributed by atoms with Crippen LogP contribution in [-0.4, -0.2) is 7.11 Å². The Hall–Kier alpha value is -0.920. The van der Waals surface area contributed by atoms with Crippen LogP contribution in [0.1, 0.15) is 20.8 Å². The van der Waals surface area contributed by atoms with E-state index in [0.29, 0.717) is 5.70 Å². The number of hydrogen-bond acceptors (Lipinski definition) is 2. The predicted molar refractivity (Wildman–Crippen MR) is 45.4 cm³/mol. The van der Waals surface area contributed by atoms with Gasteiger partial charge in [0, 0.05) is 0 Å². The number of hydrogen-bond donors (Lipinski definition) is 1. The van der Waals surface area contributed by atoms with Crippen molar-refractivity contribution in [3.63, 3.8) is 0 Å². The van der Waals surface area contributed by atoms with Crippen molar-refractivity contribution in [2.75, 3.05) is 7.11 Å². The number of nitrogens with two attached hydrogens (primary N) is 1. The summed E-state index contributed by atoms with van der Waals surface area (Å²) in [4.78, 5) is 0. The fourth-order valence-electron chi connectivity index (χ4n) is 0.368. The van der Waals surface area contributed by atoms with Crippen LogP contribution in [0.15, 0.2) is 24.1 Å². The van der Waals surface area contributed by atoms with Gasteiger partial charge in [-0.05, 0) is 13.0 Å². The number of ether oxygens (including phenoxy) is 1. The number of rotatable bonds is 2. The summed E-state index contributed by atoms with van der Waals surface area (Å²) in [5, 5.41) is 0. The zero-order valence-electron chi connectivity index (χ0n) is 7.22. The quantitative estimate of drug-likeness (QED) is 0.474. The van der Waals surface area contributed by atoms with Crippen LogP contribution in [0.3, 0.4) is 0 Å². The number of allylic oxidation sites excluding steroid dienone is 2. The molecule has 2 N–H and O–H groups in total. The Bertz CT molecular complexity index is 106. The Morgan fingerprint density at radius 3 is 2.20 bits per heavy atom. The molecule has 0 amide bonds. The minimum atomic E-state index is 0.634. The minimum Gasteiger partial charge on any atom is -0.502 e. The zero-order valence-corrected chi connectivity index (χ0v) is 7.22. The van der Waals surface area contributed by atoms with E-state index in [9.17, 15) is 0 Å². The van der Waals surface area contributed by atoms with Crippen molar-refractivity contribution < 1.29 is 4.74 Å². The van der Waals surface area contributed by atoms with E-state index in [1.54, 1.807) is 13.2 Å². The molecule has 0 saturated carbocycles. The molecule has 0 unspecified atom stereocenters. The van der Waals surface area contributed by atoms with Crippen LogP contribution in [0.25, 0.3) is 0 Å². The van der Waals surface area contributed by atoms with E-state index in [-0.39, 0.29) is 0 Å². The molecule has 0 saturated heterocycles. The molecule has 0 aromatic rings. The second-order valence-electron chi connectivity index (χ2n) is 1.35. The highest BCUT2D eigenvalue weighted by molar-refractivity contribution is 5.10. The highest BCUT2D eigenvalue weighted by Crippen LogP contribution is 1.84. The second kappa shape index (κ2) is 11.0. The molecule has 0 atom stereocenters. The van der Waals surface area contributed by atoms with Gasteiger partial charge in [-0.15, -0.1) is 0 Å². The molecule has 0 bridgehead atoms. The van der Waals surface area contributed by atoms with E-state index >= 15 is 0 Å². The summed E-state index contributed by atoms with van der Waals surface area (Å²) >= 11 is 0. The average Bonchev–Trinajstić information content (AvgIpc) is 1.93. The van der Waals surface area contributed by atoms with Crippen molar-refractivity contribution in [2.45, 2.75) is 20.8 Å². The van der Waals surface area contributed by atoms with Gasteiger partial charge in [0.2, 0.25) is 0 Å². The third-order valence-corrected chi connectivity index (χ3v) is 0.613. The molecule has 0 aliphatic carbocycles. The largest absolute Gasteiger partial charge is 0.502 e. The van der Waals surface area contributed by atoms with Gasteiger partial charge in [0.15, 0.2) is 0 Å². The molecule has 0 radical (unpaired) electrons. The molecule has 0 spiro atoms. The molecular formula is C8H17NO. The van der Waals surface area contributed by atoms with Crippen LogP contribution in [0.5, 0.6) is 0 Å². The fraction of sp³-hybridized carbons (Fsp3) is 0.500. The fourth-order valence-corrected chi connectivity index (χ4v) is 0.368. The Morgan fingerprint density at radius 2 is 1.90 bits per heavy atom. The van der Waals surface area contributed by atoms with Crippen molar-refractivity contribution >= 4 is 0 Å². The van der Waals surface area contributed by atoms with Gasteiger partial charge in [0.1, 0.15) is 6.26 Å². The summed E-state index contributed by atoms with van der Waals surface area (Å²) in [6.45, 7) is 5.90. The molecule has 0 aliphatic heterocycles. The molecule has 2 nitrogen and oxygen atoms in total. The van der Waals surface area contributed by atoms with E-state index in [4.69, 9.17) is 5.73 Å². The standard InChI is InChI=1S/C6H11NO.C2H6/c1-3-4-6(7)5-8-2;1-2/h3-5H,7H2,1-2H3;1-2H3/b4-3-,6-5+;. The topological polar surface area (TPSA) is 35.2 Å². The van der Waals surface area contributed by atoms with Gasteiger partial charge >= 0.3 is 0 Å². The SMILES string of the molecule is C/C=C\C(N)=C/OC.CC. The minimum absolute atomic E-state index is 0.634. The number of methoxy groups -OCH3 is 1. The molecule has 0 rings (SSSR count). The molecule has 60 valence electrons. The lowest BCUT2D eigenvalue weighted by molar-refractivity contribution is 0.334. The average molecular weight is 143 g/mol. The smallest absolute Gasteiger partial charge is 0.105 e. The molecular weight excluding hydrogens is 126 g/mol. The van der Waals surface area contributed by atoms with Gasteiger partial charge < -0.3 is 10.5 Å². The molecule has 0 fully saturated rings. The van der Waals surface area contributed by atoms with Crippen LogP contribution in [0.4, 0.5) is 0 Å². The van der Waals surface area contributed by atoms with E-state index in [2.05, 4.69) is 4.74 Å². The van der Waals surface area contributed by atoms with Crippen molar-refractivity contribution in [1.29, 1.82) is 0 Å². The second-order valence-corrected chi connectivity index (χ2v) is 1.35. The Balaban J connectivity index is 0. The maximum Gasteiger partial charge on any atom is 0.105 e. The molecule has 0 aromatic carbocycles. The predicted octanol–water partition coefficient (Wildman–Crippen LogP) is 2.04. The summed E-state index contributed by atoms with van der Waals surface area (Å²) < 4.78 is 4.62. The van der Waals surface area contributed by atoms with Gasteiger partial charge in [-0.1, -0.05) is 19.9 Å².